The van der Waals surface area contributed by atoms with Crippen molar-refractivity contribution in [1.29, 1.82) is 0 Å². The lowest BCUT2D eigenvalue weighted by Crippen LogP contribution is -2.39. The van der Waals surface area contributed by atoms with E-state index in [-0.39, 0.29) is 22.7 Å². The van der Waals surface area contributed by atoms with Crippen molar-refractivity contribution in [2.24, 2.45) is 0 Å². The van der Waals surface area contributed by atoms with Crippen LogP contribution in [-0.4, -0.2) is 29.7 Å². The Balaban J connectivity index is 1.91. The van der Waals surface area contributed by atoms with Crippen molar-refractivity contribution < 1.29 is 23.8 Å². The molecule has 6 nitrogen and oxygen atoms in total. The highest BCUT2D eigenvalue weighted by Crippen LogP contribution is 2.49. The summed E-state index contributed by atoms with van der Waals surface area (Å²) in [5.74, 6) is 0.400. The maximum atomic E-state index is 13.8. The van der Waals surface area contributed by atoms with Crippen molar-refractivity contribution in [1.82, 2.24) is 0 Å². The summed E-state index contributed by atoms with van der Waals surface area (Å²) in [7, 11) is 1.53. The molecule has 2 heterocycles. The molecule has 0 unspecified atom stereocenters. The van der Waals surface area contributed by atoms with E-state index >= 15 is 0 Å². The van der Waals surface area contributed by atoms with Crippen LogP contribution in [0.5, 0.6) is 11.5 Å². The zero-order valence-corrected chi connectivity index (χ0v) is 19.1. The number of carbonyl (C=O) groups is 1. The summed E-state index contributed by atoms with van der Waals surface area (Å²) in [6, 6.07) is 19.6. The molecule has 0 saturated heterocycles. The van der Waals surface area contributed by atoms with Gasteiger partial charge in [0.25, 0.3) is 0 Å². The van der Waals surface area contributed by atoms with Gasteiger partial charge >= 0.3 is 5.63 Å². The molecule has 5 rings (SSSR count). The molecule has 1 N–H and O–H groups in total. The summed E-state index contributed by atoms with van der Waals surface area (Å²) in [5, 5.41) is 11.2. The summed E-state index contributed by atoms with van der Waals surface area (Å²) in [4.78, 5) is 26.5. The molecule has 172 valence electrons. The summed E-state index contributed by atoms with van der Waals surface area (Å²) in [5.41, 5.74) is 0.965. The Morgan fingerprint density at radius 3 is 2.32 bits per heavy atom. The predicted octanol–water partition coefficient (Wildman–Crippen LogP) is 4.77. The van der Waals surface area contributed by atoms with Gasteiger partial charge in [-0.2, -0.15) is 0 Å². The number of ether oxygens (including phenoxy) is 2. The fourth-order valence-electron chi connectivity index (χ4n) is 4.49. The highest BCUT2D eigenvalue weighted by molar-refractivity contribution is 6.20. The van der Waals surface area contributed by atoms with Gasteiger partial charge in [-0.3, -0.25) is 4.79 Å². The van der Waals surface area contributed by atoms with Gasteiger partial charge in [-0.05, 0) is 19.4 Å². The number of methoxy groups -OCH3 is 1. The van der Waals surface area contributed by atoms with E-state index in [1.54, 1.807) is 38.1 Å². The number of benzene rings is 3. The SMILES string of the molecule is COc1c2c(c(C(=O)c3ccccc3)c3oc(=O)cc(-c4ccccc4)c13)O[C@@H](C(C)(C)O)C2. The summed E-state index contributed by atoms with van der Waals surface area (Å²) >= 11 is 0. The first-order chi connectivity index (χ1) is 16.3. The Bertz CT molecular complexity index is 1450. The smallest absolute Gasteiger partial charge is 0.336 e. The third-order valence-electron chi connectivity index (χ3n) is 6.18. The fraction of sp³-hybridized carbons (Fsp3) is 0.214. The monoisotopic (exact) mass is 456 g/mol. The highest BCUT2D eigenvalue weighted by atomic mass is 16.5. The van der Waals surface area contributed by atoms with E-state index in [0.29, 0.717) is 34.2 Å². The number of hydrogen-bond donors (Lipinski definition) is 1. The van der Waals surface area contributed by atoms with Gasteiger partial charge in [0.1, 0.15) is 23.2 Å². The normalized spacial score (nSPS) is 15.1. The molecule has 0 spiro atoms. The molecule has 0 aliphatic carbocycles. The van der Waals surface area contributed by atoms with Crippen molar-refractivity contribution in [3.63, 3.8) is 0 Å². The third kappa shape index (κ3) is 3.56. The van der Waals surface area contributed by atoms with Crippen LogP contribution in [0.15, 0.2) is 75.9 Å². The van der Waals surface area contributed by atoms with Gasteiger partial charge in [0.2, 0.25) is 5.78 Å². The molecular formula is C28H24O6. The number of hydrogen-bond acceptors (Lipinski definition) is 6. The van der Waals surface area contributed by atoms with E-state index in [0.717, 1.165) is 5.56 Å². The van der Waals surface area contributed by atoms with Crippen LogP contribution in [0.1, 0.15) is 35.3 Å². The molecule has 3 aromatic carbocycles. The fourth-order valence-corrected chi connectivity index (χ4v) is 4.49. The molecule has 1 aliphatic rings. The van der Waals surface area contributed by atoms with Crippen LogP contribution < -0.4 is 15.1 Å². The maximum Gasteiger partial charge on any atom is 0.336 e. The van der Waals surface area contributed by atoms with Crippen LogP contribution in [0.3, 0.4) is 0 Å². The zero-order chi connectivity index (χ0) is 24.0. The van der Waals surface area contributed by atoms with E-state index in [4.69, 9.17) is 13.9 Å². The first-order valence-corrected chi connectivity index (χ1v) is 11.0. The van der Waals surface area contributed by atoms with E-state index in [1.165, 1.54) is 13.2 Å². The third-order valence-corrected chi connectivity index (χ3v) is 6.18. The average molecular weight is 456 g/mol. The Morgan fingerprint density at radius 2 is 1.71 bits per heavy atom. The molecule has 1 aliphatic heterocycles. The molecule has 0 bridgehead atoms. The molecule has 34 heavy (non-hydrogen) atoms. The van der Waals surface area contributed by atoms with Gasteiger partial charge in [-0.15, -0.1) is 0 Å². The predicted molar refractivity (Wildman–Crippen MR) is 129 cm³/mol. The summed E-state index contributed by atoms with van der Waals surface area (Å²) in [6.07, 6.45) is -0.275. The minimum atomic E-state index is -1.17. The first-order valence-electron chi connectivity index (χ1n) is 11.0. The number of carbonyl (C=O) groups excluding carboxylic acids is 1. The molecular weight excluding hydrogens is 432 g/mol. The zero-order valence-electron chi connectivity index (χ0n) is 19.1. The minimum absolute atomic E-state index is 0.104. The Morgan fingerprint density at radius 1 is 1.06 bits per heavy atom. The highest BCUT2D eigenvalue weighted by Gasteiger charge is 2.41. The second-order valence-electron chi connectivity index (χ2n) is 8.92. The van der Waals surface area contributed by atoms with E-state index in [1.807, 2.05) is 36.4 Å². The lowest BCUT2D eigenvalue weighted by molar-refractivity contribution is -0.0231. The standard InChI is InChI=1S/C28H24O6/c1-28(2,31)20-14-19-25(32-3)22-18(16-10-6-4-7-11-16)15-21(29)34-27(22)23(26(19)33-20)24(30)17-12-8-5-9-13-17/h4-13,15,20,31H,14H2,1-3H3/t20-/m1/s1. The Hall–Kier alpha value is -3.90. The second kappa shape index (κ2) is 8.15. The lowest BCUT2D eigenvalue weighted by atomic mass is 9.90. The summed E-state index contributed by atoms with van der Waals surface area (Å²) < 4.78 is 17.7. The first kappa shape index (κ1) is 21.9. The van der Waals surface area contributed by atoms with E-state index in [9.17, 15) is 14.7 Å². The average Bonchev–Trinajstić information content (AvgIpc) is 3.28. The molecule has 1 atom stereocenters. The maximum absolute atomic E-state index is 13.8. The van der Waals surface area contributed by atoms with Crippen LogP contribution in [0, 0.1) is 0 Å². The van der Waals surface area contributed by atoms with Gasteiger partial charge in [-0.1, -0.05) is 60.7 Å². The Labute approximate surface area is 196 Å². The largest absolute Gasteiger partial charge is 0.496 e. The van der Waals surface area contributed by atoms with Crippen molar-refractivity contribution in [3.05, 3.63) is 93.8 Å². The van der Waals surface area contributed by atoms with Crippen LogP contribution in [0.25, 0.3) is 22.1 Å². The minimum Gasteiger partial charge on any atom is -0.496 e. The molecule has 1 aromatic heterocycles. The number of ketones is 1. The number of rotatable bonds is 5. The van der Waals surface area contributed by atoms with Crippen molar-refractivity contribution in [2.45, 2.75) is 32.0 Å². The van der Waals surface area contributed by atoms with Crippen LogP contribution in [0.2, 0.25) is 0 Å². The van der Waals surface area contributed by atoms with Gasteiger partial charge in [0.05, 0.1) is 18.1 Å². The molecule has 6 heteroatoms. The van der Waals surface area contributed by atoms with E-state index < -0.39 is 17.3 Å². The number of aliphatic hydroxyl groups is 1. The van der Waals surface area contributed by atoms with Gasteiger partial charge < -0.3 is 19.0 Å². The molecule has 0 amide bonds. The van der Waals surface area contributed by atoms with Crippen molar-refractivity contribution >= 4 is 16.8 Å². The van der Waals surface area contributed by atoms with Crippen molar-refractivity contribution in [2.75, 3.05) is 7.11 Å². The molecule has 4 aromatic rings. The molecule has 0 radical (unpaired) electrons. The lowest BCUT2D eigenvalue weighted by Gasteiger charge is -2.24. The van der Waals surface area contributed by atoms with Crippen LogP contribution >= 0.6 is 0 Å². The molecule has 0 fully saturated rings. The Kier molecular flexibility index (Phi) is 5.25. The van der Waals surface area contributed by atoms with E-state index in [2.05, 4.69) is 0 Å². The summed E-state index contributed by atoms with van der Waals surface area (Å²) in [6.45, 7) is 3.31. The van der Waals surface area contributed by atoms with Gasteiger partial charge in [0, 0.05) is 29.2 Å². The van der Waals surface area contributed by atoms with Gasteiger partial charge in [-0.25, -0.2) is 4.79 Å². The second-order valence-corrected chi connectivity index (χ2v) is 8.92. The van der Waals surface area contributed by atoms with Crippen LogP contribution in [-0.2, 0) is 6.42 Å². The number of fused-ring (bicyclic) bond motifs is 2. The van der Waals surface area contributed by atoms with Crippen molar-refractivity contribution in [3.8, 4) is 22.6 Å². The molecule has 0 saturated carbocycles. The quantitative estimate of drug-likeness (QED) is 0.344. The van der Waals surface area contributed by atoms with Crippen LogP contribution in [0.4, 0.5) is 0 Å². The van der Waals surface area contributed by atoms with Gasteiger partial charge in [0.15, 0.2) is 5.58 Å². The topological polar surface area (TPSA) is 86.0 Å².